The summed E-state index contributed by atoms with van der Waals surface area (Å²) in [5.74, 6) is 1.25. The molecule has 1 rings (SSSR count). The number of nitrogens with zero attached hydrogens (tertiary/aromatic N) is 1. The van der Waals surface area contributed by atoms with Crippen LogP contribution in [0.1, 0.15) is 19.4 Å². The van der Waals surface area contributed by atoms with Crippen LogP contribution in [-0.4, -0.2) is 38.1 Å². The largest absolute Gasteiger partial charge is 0.354 e. The van der Waals surface area contributed by atoms with Gasteiger partial charge in [-0.1, -0.05) is 36.4 Å². The SMILES string of the molecule is CCOP(=O)(/C=C/C=C(\C(=O)N(C)C)c1ccccc1)OCC. The number of carbonyl (C=O) groups is 1. The Hall–Kier alpha value is -1.68. The van der Waals surface area contributed by atoms with Gasteiger partial charge in [-0.3, -0.25) is 9.36 Å². The van der Waals surface area contributed by atoms with Crippen LogP contribution < -0.4 is 0 Å². The average molecular weight is 337 g/mol. The summed E-state index contributed by atoms with van der Waals surface area (Å²) >= 11 is 0. The fourth-order valence-electron chi connectivity index (χ4n) is 1.88. The summed E-state index contributed by atoms with van der Waals surface area (Å²) in [6.07, 6.45) is 3.18. The highest BCUT2D eigenvalue weighted by Crippen LogP contribution is 2.49. The number of hydrogen-bond donors (Lipinski definition) is 0. The number of hydrogen-bond acceptors (Lipinski definition) is 4. The summed E-state index contributed by atoms with van der Waals surface area (Å²) in [4.78, 5) is 13.8. The van der Waals surface area contributed by atoms with Gasteiger partial charge in [-0.05, 0) is 25.5 Å². The van der Waals surface area contributed by atoms with E-state index < -0.39 is 7.60 Å². The highest BCUT2D eigenvalue weighted by Gasteiger charge is 2.19. The first-order valence-corrected chi connectivity index (χ1v) is 9.10. The van der Waals surface area contributed by atoms with Gasteiger partial charge < -0.3 is 13.9 Å². The molecule has 0 aliphatic carbocycles. The van der Waals surface area contributed by atoms with Crippen LogP contribution in [0.3, 0.4) is 0 Å². The van der Waals surface area contributed by atoms with Crippen molar-refractivity contribution < 1.29 is 18.4 Å². The molecule has 0 unspecified atom stereocenters. The predicted octanol–water partition coefficient (Wildman–Crippen LogP) is 3.94. The van der Waals surface area contributed by atoms with Gasteiger partial charge in [0.2, 0.25) is 0 Å². The van der Waals surface area contributed by atoms with Gasteiger partial charge in [0.05, 0.1) is 13.2 Å². The topological polar surface area (TPSA) is 55.8 Å². The van der Waals surface area contributed by atoms with Gasteiger partial charge in [-0.2, -0.15) is 0 Å². The first-order chi connectivity index (χ1) is 10.9. The molecule has 6 heteroatoms. The maximum absolute atomic E-state index is 12.4. The van der Waals surface area contributed by atoms with E-state index in [1.54, 1.807) is 40.1 Å². The Morgan fingerprint density at radius 2 is 1.70 bits per heavy atom. The van der Waals surface area contributed by atoms with Crippen molar-refractivity contribution in [3.8, 4) is 0 Å². The van der Waals surface area contributed by atoms with E-state index in [0.29, 0.717) is 5.57 Å². The van der Waals surface area contributed by atoms with Crippen LogP contribution in [0, 0.1) is 0 Å². The lowest BCUT2D eigenvalue weighted by Crippen LogP contribution is -2.22. The fourth-order valence-corrected chi connectivity index (χ4v) is 3.14. The molecular formula is C17H24NO4P. The lowest BCUT2D eigenvalue weighted by Gasteiger charge is -2.14. The van der Waals surface area contributed by atoms with Crippen molar-refractivity contribution in [2.45, 2.75) is 13.8 Å². The van der Waals surface area contributed by atoms with Crippen LogP contribution in [0.2, 0.25) is 0 Å². The Kier molecular flexibility index (Phi) is 7.96. The van der Waals surface area contributed by atoms with E-state index in [9.17, 15) is 9.36 Å². The van der Waals surface area contributed by atoms with Crippen molar-refractivity contribution >= 4 is 19.1 Å². The normalized spacial score (nSPS) is 12.6. The van der Waals surface area contributed by atoms with Crippen LogP contribution in [-0.2, 0) is 18.4 Å². The summed E-state index contributed by atoms with van der Waals surface area (Å²) < 4.78 is 22.8. The van der Waals surface area contributed by atoms with Crippen LogP contribution in [0.5, 0.6) is 0 Å². The van der Waals surface area contributed by atoms with Crippen molar-refractivity contribution in [3.05, 3.63) is 53.9 Å². The Bertz CT molecular complexity index is 598. The fraction of sp³-hybridized carbons (Fsp3) is 0.353. The Balaban J connectivity index is 3.12. The molecule has 0 saturated heterocycles. The lowest BCUT2D eigenvalue weighted by molar-refractivity contribution is -0.122. The first kappa shape index (κ1) is 19.4. The minimum atomic E-state index is -3.27. The zero-order valence-corrected chi connectivity index (χ0v) is 15.0. The molecule has 126 valence electrons. The molecule has 0 fully saturated rings. The molecule has 5 nitrogen and oxygen atoms in total. The van der Waals surface area contributed by atoms with Gasteiger partial charge in [0.25, 0.3) is 5.91 Å². The Labute approximate surface area is 138 Å². The van der Waals surface area contributed by atoms with E-state index in [1.807, 2.05) is 30.3 Å². The molecule has 0 aromatic heterocycles. The van der Waals surface area contributed by atoms with E-state index in [2.05, 4.69) is 0 Å². The molecule has 1 amide bonds. The Morgan fingerprint density at radius 3 is 2.17 bits per heavy atom. The number of rotatable bonds is 8. The summed E-state index contributed by atoms with van der Waals surface area (Å²) in [5, 5.41) is 0. The lowest BCUT2D eigenvalue weighted by atomic mass is 10.0. The van der Waals surface area contributed by atoms with Gasteiger partial charge in [-0.15, -0.1) is 0 Å². The van der Waals surface area contributed by atoms with Crippen molar-refractivity contribution in [1.29, 1.82) is 0 Å². The molecule has 1 aromatic carbocycles. The maximum Gasteiger partial charge on any atom is 0.354 e. The van der Waals surface area contributed by atoms with Gasteiger partial charge in [0, 0.05) is 25.5 Å². The summed E-state index contributed by atoms with van der Waals surface area (Å²) in [6, 6.07) is 9.31. The molecule has 0 aliphatic heterocycles. The number of benzene rings is 1. The number of amides is 1. The van der Waals surface area contributed by atoms with Crippen molar-refractivity contribution in [1.82, 2.24) is 4.90 Å². The average Bonchev–Trinajstić information content (AvgIpc) is 2.52. The van der Waals surface area contributed by atoms with E-state index >= 15 is 0 Å². The summed E-state index contributed by atoms with van der Waals surface area (Å²) in [6.45, 7) is 4.07. The molecule has 0 saturated carbocycles. The molecular weight excluding hydrogens is 313 g/mol. The van der Waals surface area contributed by atoms with Crippen molar-refractivity contribution in [2.24, 2.45) is 0 Å². The standard InChI is InChI=1S/C17H24NO4P/c1-5-21-23(20,22-6-2)14-10-13-16(17(19)18(3)4)15-11-8-7-9-12-15/h7-14H,5-6H2,1-4H3/b14-10+,16-13-. The summed E-state index contributed by atoms with van der Waals surface area (Å²) in [5.41, 5.74) is 1.30. The first-order valence-electron chi connectivity index (χ1n) is 7.49. The van der Waals surface area contributed by atoms with E-state index in [1.165, 1.54) is 10.7 Å². The van der Waals surface area contributed by atoms with E-state index in [0.717, 1.165) is 5.56 Å². The predicted molar refractivity (Wildman–Crippen MR) is 93.1 cm³/mol. The second-order valence-electron chi connectivity index (χ2n) is 4.86. The number of allylic oxidation sites excluding steroid dienone is 2. The highest BCUT2D eigenvalue weighted by molar-refractivity contribution is 7.57. The van der Waals surface area contributed by atoms with Crippen LogP contribution >= 0.6 is 7.60 Å². The molecule has 0 spiro atoms. The van der Waals surface area contributed by atoms with Gasteiger partial charge >= 0.3 is 7.60 Å². The third-order valence-electron chi connectivity index (χ3n) is 2.87. The highest BCUT2D eigenvalue weighted by atomic mass is 31.2. The smallest absolute Gasteiger partial charge is 0.345 e. The second-order valence-corrected chi connectivity index (χ2v) is 6.76. The molecule has 0 aliphatic rings. The molecule has 0 heterocycles. The van der Waals surface area contributed by atoms with Crippen molar-refractivity contribution in [3.63, 3.8) is 0 Å². The monoisotopic (exact) mass is 337 g/mol. The maximum atomic E-state index is 12.4. The minimum Gasteiger partial charge on any atom is -0.345 e. The van der Waals surface area contributed by atoms with Crippen LogP contribution in [0.15, 0.2) is 48.3 Å². The van der Waals surface area contributed by atoms with Gasteiger partial charge in [0.15, 0.2) is 0 Å². The quantitative estimate of drug-likeness (QED) is 0.410. The zero-order chi connectivity index (χ0) is 17.3. The van der Waals surface area contributed by atoms with Crippen LogP contribution in [0.25, 0.3) is 5.57 Å². The molecule has 1 aromatic rings. The zero-order valence-electron chi connectivity index (χ0n) is 14.1. The molecule has 23 heavy (non-hydrogen) atoms. The number of carbonyl (C=O) groups excluding carboxylic acids is 1. The third-order valence-corrected chi connectivity index (χ3v) is 4.64. The minimum absolute atomic E-state index is 0.136. The van der Waals surface area contributed by atoms with Crippen LogP contribution in [0.4, 0.5) is 0 Å². The third kappa shape index (κ3) is 6.14. The van der Waals surface area contributed by atoms with Crippen molar-refractivity contribution in [2.75, 3.05) is 27.3 Å². The van der Waals surface area contributed by atoms with Gasteiger partial charge in [0.1, 0.15) is 0 Å². The van der Waals surface area contributed by atoms with E-state index in [4.69, 9.17) is 9.05 Å². The number of likely N-dealkylation sites (N-methyl/N-ethyl adjacent to an activating group) is 1. The summed E-state index contributed by atoms with van der Waals surface area (Å²) in [7, 11) is 0.106. The molecule has 0 bridgehead atoms. The second kappa shape index (κ2) is 9.46. The van der Waals surface area contributed by atoms with Gasteiger partial charge in [-0.25, -0.2) is 0 Å². The molecule has 0 atom stereocenters. The Morgan fingerprint density at radius 1 is 1.13 bits per heavy atom. The molecule has 0 radical (unpaired) electrons. The van der Waals surface area contributed by atoms with E-state index in [-0.39, 0.29) is 19.1 Å². The molecule has 0 N–H and O–H groups in total.